The third-order valence-electron chi connectivity index (χ3n) is 1.82. The van der Waals surface area contributed by atoms with Crippen LogP contribution in [0.1, 0.15) is 32.1 Å². The maximum atomic E-state index is 10.4. The largest absolute Gasteiger partial charge is 0.232 e. The van der Waals surface area contributed by atoms with Gasteiger partial charge in [-0.25, -0.2) is 5.11 Å². The van der Waals surface area contributed by atoms with Gasteiger partial charge in [0, 0.05) is 0 Å². The molecule has 1 nitrogen and oxygen atoms in total. The van der Waals surface area contributed by atoms with Crippen LogP contribution >= 0.6 is 0 Å². The summed E-state index contributed by atoms with van der Waals surface area (Å²) in [7, 11) is 0. The molecular formula is C8H13O. The Morgan fingerprint density at radius 1 is 1.33 bits per heavy atom. The number of allylic oxidation sites excluding steroid dienone is 1. The first-order chi connectivity index (χ1) is 4.43. The van der Waals surface area contributed by atoms with Crippen LogP contribution < -0.4 is 0 Å². The smallest absolute Gasteiger partial charge is 0.103 e. The van der Waals surface area contributed by atoms with Crippen molar-refractivity contribution in [3.63, 3.8) is 0 Å². The minimum Gasteiger partial charge on any atom is -0.232 e. The molecule has 0 saturated carbocycles. The average molecular weight is 125 g/mol. The predicted molar refractivity (Wildman–Crippen MR) is 36.7 cm³/mol. The molecule has 1 aliphatic carbocycles. The third kappa shape index (κ3) is 2.19. The van der Waals surface area contributed by atoms with Crippen LogP contribution in [0.15, 0.2) is 11.6 Å². The Bertz CT molecular complexity index is 105. The lowest BCUT2D eigenvalue weighted by atomic mass is 10.1. The first-order valence-electron chi connectivity index (χ1n) is 3.69. The summed E-state index contributed by atoms with van der Waals surface area (Å²) in [5.41, 5.74) is 1.13. The molecule has 9 heavy (non-hydrogen) atoms. The Balaban J connectivity index is 2.37. The molecule has 1 radical (unpaired) electrons. The Hall–Kier alpha value is -0.300. The Labute approximate surface area is 56.4 Å². The van der Waals surface area contributed by atoms with Crippen molar-refractivity contribution in [2.24, 2.45) is 0 Å². The van der Waals surface area contributed by atoms with Crippen LogP contribution in [-0.4, -0.2) is 6.61 Å². The normalized spacial score (nSPS) is 20.8. The zero-order chi connectivity index (χ0) is 6.53. The maximum absolute atomic E-state index is 10.4. The van der Waals surface area contributed by atoms with Crippen LogP contribution in [0.2, 0.25) is 0 Å². The lowest BCUT2D eigenvalue weighted by Crippen LogP contribution is -1.85. The quantitative estimate of drug-likeness (QED) is 0.479. The second-order valence-electron chi connectivity index (χ2n) is 2.61. The molecule has 0 aromatic rings. The molecule has 0 amide bonds. The van der Waals surface area contributed by atoms with Crippen LogP contribution in [0.5, 0.6) is 0 Å². The van der Waals surface area contributed by atoms with Crippen molar-refractivity contribution < 1.29 is 5.11 Å². The van der Waals surface area contributed by atoms with Gasteiger partial charge in [0.2, 0.25) is 0 Å². The summed E-state index contributed by atoms with van der Waals surface area (Å²) in [6.07, 6.45) is 8.14. The Kier molecular flexibility index (Phi) is 2.78. The summed E-state index contributed by atoms with van der Waals surface area (Å²) in [6.45, 7) is 0.0278. The molecule has 1 rings (SSSR count). The van der Waals surface area contributed by atoms with E-state index >= 15 is 0 Å². The van der Waals surface area contributed by atoms with Crippen molar-refractivity contribution in [1.82, 2.24) is 0 Å². The van der Waals surface area contributed by atoms with Gasteiger partial charge in [-0.15, -0.1) is 0 Å². The van der Waals surface area contributed by atoms with Crippen molar-refractivity contribution in [2.45, 2.75) is 32.1 Å². The molecule has 0 fully saturated rings. The molecule has 0 heterocycles. The van der Waals surface area contributed by atoms with Gasteiger partial charge in [-0.3, -0.25) is 0 Å². The van der Waals surface area contributed by atoms with E-state index in [1.807, 2.05) is 0 Å². The van der Waals surface area contributed by atoms with Gasteiger partial charge in [-0.1, -0.05) is 12.5 Å². The van der Waals surface area contributed by atoms with Crippen molar-refractivity contribution in [3.8, 4) is 0 Å². The van der Waals surface area contributed by atoms with Gasteiger partial charge >= 0.3 is 0 Å². The fourth-order valence-electron chi connectivity index (χ4n) is 1.21. The highest BCUT2D eigenvalue weighted by Crippen LogP contribution is 2.15. The second-order valence-corrected chi connectivity index (χ2v) is 2.61. The first-order valence-corrected chi connectivity index (χ1v) is 3.69. The minimum atomic E-state index is 0.0278. The van der Waals surface area contributed by atoms with Crippen molar-refractivity contribution in [2.75, 3.05) is 6.61 Å². The number of rotatable bonds is 1. The molecule has 0 bridgehead atoms. The molecule has 0 aromatic heterocycles. The van der Waals surface area contributed by atoms with Gasteiger partial charge in [0.1, 0.15) is 6.61 Å². The van der Waals surface area contributed by atoms with Crippen LogP contribution in [-0.2, 0) is 5.11 Å². The highest BCUT2D eigenvalue weighted by atomic mass is 16.3. The van der Waals surface area contributed by atoms with Crippen LogP contribution in [0.4, 0.5) is 0 Å². The molecule has 0 spiro atoms. The molecule has 0 aromatic carbocycles. The van der Waals surface area contributed by atoms with Crippen molar-refractivity contribution in [1.29, 1.82) is 0 Å². The van der Waals surface area contributed by atoms with E-state index < -0.39 is 0 Å². The molecular weight excluding hydrogens is 112 g/mol. The highest BCUT2D eigenvalue weighted by Gasteiger charge is 2.00. The Morgan fingerprint density at radius 3 is 3.00 bits per heavy atom. The lowest BCUT2D eigenvalue weighted by molar-refractivity contribution is 0.220. The van der Waals surface area contributed by atoms with E-state index in [1.54, 1.807) is 0 Å². The van der Waals surface area contributed by atoms with E-state index in [0.29, 0.717) is 0 Å². The van der Waals surface area contributed by atoms with E-state index in [2.05, 4.69) is 6.08 Å². The monoisotopic (exact) mass is 125 g/mol. The zero-order valence-electron chi connectivity index (χ0n) is 5.73. The van der Waals surface area contributed by atoms with Crippen molar-refractivity contribution >= 4 is 0 Å². The molecule has 51 valence electrons. The summed E-state index contributed by atoms with van der Waals surface area (Å²) in [5, 5.41) is 10.4. The second kappa shape index (κ2) is 3.67. The van der Waals surface area contributed by atoms with Crippen LogP contribution in [0, 0.1) is 0 Å². The molecule has 0 saturated heterocycles. The summed E-state index contributed by atoms with van der Waals surface area (Å²) in [4.78, 5) is 0. The van der Waals surface area contributed by atoms with Gasteiger partial charge in [0.05, 0.1) is 0 Å². The van der Waals surface area contributed by atoms with Gasteiger partial charge in [-0.2, -0.15) is 0 Å². The van der Waals surface area contributed by atoms with Crippen molar-refractivity contribution in [3.05, 3.63) is 11.6 Å². The SMILES string of the molecule is [O]CC1=CCCCCC1. The minimum absolute atomic E-state index is 0.0278. The van der Waals surface area contributed by atoms with Gasteiger partial charge in [0.25, 0.3) is 0 Å². The zero-order valence-corrected chi connectivity index (χ0v) is 5.73. The number of hydrogen-bond acceptors (Lipinski definition) is 0. The van der Waals surface area contributed by atoms with Crippen LogP contribution in [0.25, 0.3) is 0 Å². The topological polar surface area (TPSA) is 19.9 Å². The molecule has 1 heteroatoms. The lowest BCUT2D eigenvalue weighted by Gasteiger charge is -1.95. The molecule has 0 unspecified atom stereocenters. The standard InChI is InChI=1S/C8H13O/c9-7-8-5-3-1-2-4-6-8/h5H,1-4,6-7H2. The Morgan fingerprint density at radius 2 is 2.22 bits per heavy atom. The van der Waals surface area contributed by atoms with E-state index in [4.69, 9.17) is 0 Å². The van der Waals surface area contributed by atoms with E-state index in [0.717, 1.165) is 18.4 Å². The predicted octanol–water partition coefficient (Wildman–Crippen LogP) is 2.31. The van der Waals surface area contributed by atoms with Gasteiger partial charge in [0.15, 0.2) is 0 Å². The van der Waals surface area contributed by atoms with E-state index in [9.17, 15) is 5.11 Å². The molecule has 0 N–H and O–H groups in total. The summed E-state index contributed by atoms with van der Waals surface area (Å²) >= 11 is 0. The summed E-state index contributed by atoms with van der Waals surface area (Å²) in [6, 6.07) is 0. The maximum Gasteiger partial charge on any atom is 0.103 e. The summed E-state index contributed by atoms with van der Waals surface area (Å²) < 4.78 is 0. The summed E-state index contributed by atoms with van der Waals surface area (Å²) in [5.74, 6) is 0. The fourth-order valence-corrected chi connectivity index (χ4v) is 1.21. The first kappa shape index (κ1) is 6.81. The highest BCUT2D eigenvalue weighted by molar-refractivity contribution is 5.03. The molecule has 0 aliphatic heterocycles. The third-order valence-corrected chi connectivity index (χ3v) is 1.82. The van der Waals surface area contributed by atoms with E-state index in [1.165, 1.54) is 19.3 Å². The fraction of sp³-hybridized carbons (Fsp3) is 0.750. The molecule has 1 aliphatic rings. The average Bonchev–Trinajstić information content (AvgIpc) is 2.13. The van der Waals surface area contributed by atoms with Gasteiger partial charge in [-0.05, 0) is 31.3 Å². The van der Waals surface area contributed by atoms with E-state index in [-0.39, 0.29) is 6.61 Å². The number of hydrogen-bond donors (Lipinski definition) is 0. The van der Waals surface area contributed by atoms with Gasteiger partial charge < -0.3 is 0 Å². The van der Waals surface area contributed by atoms with Crippen LogP contribution in [0.3, 0.4) is 0 Å². The molecule has 0 atom stereocenters.